The molecule has 2 aromatic rings. The highest BCUT2D eigenvalue weighted by Gasteiger charge is 2.29. The van der Waals surface area contributed by atoms with Crippen molar-refractivity contribution in [3.05, 3.63) is 48.3 Å². The van der Waals surface area contributed by atoms with Crippen molar-refractivity contribution in [1.82, 2.24) is 14.7 Å². The normalized spacial score (nSPS) is 21.8. The molecule has 2 N–H and O–H groups in total. The summed E-state index contributed by atoms with van der Waals surface area (Å²) in [6.07, 6.45) is 5.63. The van der Waals surface area contributed by atoms with Crippen LogP contribution in [0.2, 0.25) is 0 Å². The van der Waals surface area contributed by atoms with E-state index in [2.05, 4.69) is 12.0 Å². The number of aromatic nitrogens is 2. The lowest BCUT2D eigenvalue weighted by molar-refractivity contribution is 0.0573. The van der Waals surface area contributed by atoms with E-state index in [1.54, 1.807) is 10.9 Å². The molecule has 2 atom stereocenters. The third-order valence-electron chi connectivity index (χ3n) is 4.37. The summed E-state index contributed by atoms with van der Waals surface area (Å²) >= 11 is 0. The van der Waals surface area contributed by atoms with Crippen LogP contribution < -0.4 is 5.73 Å². The van der Waals surface area contributed by atoms with Gasteiger partial charge in [0.15, 0.2) is 0 Å². The lowest BCUT2D eigenvalue weighted by Gasteiger charge is -2.38. The molecule has 0 bridgehead atoms. The van der Waals surface area contributed by atoms with Gasteiger partial charge in [-0.25, -0.2) is 4.68 Å². The molecule has 1 fully saturated rings. The summed E-state index contributed by atoms with van der Waals surface area (Å²) in [5, 5.41) is 4.21. The molecule has 0 aliphatic carbocycles. The zero-order valence-corrected chi connectivity index (χ0v) is 12.9. The number of carbonyl (C=O) groups is 1. The van der Waals surface area contributed by atoms with Gasteiger partial charge in [-0.1, -0.05) is 13.0 Å². The van der Waals surface area contributed by atoms with Gasteiger partial charge in [0.1, 0.15) is 0 Å². The molecular formula is C17H22N4O. The second kappa shape index (κ2) is 6.32. The molecule has 1 aromatic carbocycles. The second-order valence-corrected chi connectivity index (χ2v) is 6.02. The van der Waals surface area contributed by atoms with E-state index in [9.17, 15) is 4.79 Å². The Hall–Kier alpha value is -2.14. The van der Waals surface area contributed by atoms with E-state index in [-0.39, 0.29) is 11.9 Å². The first-order valence-electron chi connectivity index (χ1n) is 7.80. The Labute approximate surface area is 130 Å². The summed E-state index contributed by atoms with van der Waals surface area (Å²) in [6, 6.07) is 9.61. The van der Waals surface area contributed by atoms with Gasteiger partial charge in [-0.15, -0.1) is 0 Å². The van der Waals surface area contributed by atoms with E-state index >= 15 is 0 Å². The Morgan fingerprint density at radius 2 is 2.27 bits per heavy atom. The predicted octanol–water partition coefficient (Wildman–Crippen LogP) is 2.07. The largest absolute Gasteiger partial charge is 0.334 e. The maximum atomic E-state index is 12.8. The molecule has 5 nitrogen and oxygen atoms in total. The average molecular weight is 298 g/mol. The van der Waals surface area contributed by atoms with Gasteiger partial charge < -0.3 is 10.6 Å². The minimum atomic E-state index is 0.0661. The first-order chi connectivity index (χ1) is 10.7. The molecule has 5 heteroatoms. The van der Waals surface area contributed by atoms with Crippen molar-refractivity contribution in [2.24, 2.45) is 11.7 Å². The first kappa shape index (κ1) is 14.8. The number of hydrogen-bond donors (Lipinski definition) is 1. The predicted molar refractivity (Wildman–Crippen MR) is 85.8 cm³/mol. The van der Waals surface area contributed by atoms with Crippen LogP contribution in [0, 0.1) is 5.92 Å². The van der Waals surface area contributed by atoms with Gasteiger partial charge in [0.05, 0.1) is 5.69 Å². The van der Waals surface area contributed by atoms with Crippen LogP contribution in [0.1, 0.15) is 30.1 Å². The number of benzene rings is 1. The fourth-order valence-corrected chi connectivity index (χ4v) is 3.11. The summed E-state index contributed by atoms with van der Waals surface area (Å²) in [4.78, 5) is 14.8. The van der Waals surface area contributed by atoms with Crippen LogP contribution in [0.25, 0.3) is 5.69 Å². The fourth-order valence-electron chi connectivity index (χ4n) is 3.11. The molecule has 1 aliphatic heterocycles. The Morgan fingerprint density at radius 1 is 1.41 bits per heavy atom. The maximum Gasteiger partial charge on any atom is 0.254 e. The molecule has 1 amide bonds. The van der Waals surface area contributed by atoms with E-state index < -0.39 is 0 Å². The van der Waals surface area contributed by atoms with Gasteiger partial charge in [0, 0.05) is 37.1 Å². The molecule has 0 radical (unpaired) electrons. The monoisotopic (exact) mass is 298 g/mol. The number of piperidine rings is 1. The fraction of sp³-hybridized carbons (Fsp3) is 0.412. The van der Waals surface area contributed by atoms with Gasteiger partial charge in [-0.05, 0) is 43.0 Å². The topological polar surface area (TPSA) is 64.2 Å². The number of rotatable bonds is 3. The highest BCUT2D eigenvalue weighted by molar-refractivity contribution is 5.95. The molecule has 1 aromatic heterocycles. The SMILES string of the molecule is CC1CCN(C(=O)c2cccc(-n3cccn3)c2)C(CN)C1. The third kappa shape index (κ3) is 2.90. The number of amides is 1. The van der Waals surface area contributed by atoms with Crippen LogP contribution in [0.3, 0.4) is 0 Å². The van der Waals surface area contributed by atoms with Crippen molar-refractivity contribution in [3.8, 4) is 5.69 Å². The van der Waals surface area contributed by atoms with Crippen molar-refractivity contribution in [2.75, 3.05) is 13.1 Å². The first-order valence-corrected chi connectivity index (χ1v) is 7.80. The van der Waals surface area contributed by atoms with Crippen molar-refractivity contribution in [1.29, 1.82) is 0 Å². The van der Waals surface area contributed by atoms with Crippen molar-refractivity contribution in [2.45, 2.75) is 25.8 Å². The Morgan fingerprint density at radius 3 is 3.00 bits per heavy atom. The lowest BCUT2D eigenvalue weighted by Crippen LogP contribution is -2.49. The molecule has 116 valence electrons. The molecule has 2 heterocycles. The molecule has 1 aliphatic rings. The smallest absolute Gasteiger partial charge is 0.254 e. The Kier molecular flexibility index (Phi) is 4.24. The maximum absolute atomic E-state index is 12.8. The zero-order valence-electron chi connectivity index (χ0n) is 12.9. The highest BCUT2D eigenvalue weighted by Crippen LogP contribution is 2.24. The lowest BCUT2D eigenvalue weighted by atomic mass is 9.92. The van der Waals surface area contributed by atoms with Crippen LogP contribution in [0.15, 0.2) is 42.7 Å². The van der Waals surface area contributed by atoms with Gasteiger partial charge in [0.25, 0.3) is 5.91 Å². The number of nitrogens with zero attached hydrogens (tertiary/aromatic N) is 3. The number of likely N-dealkylation sites (tertiary alicyclic amines) is 1. The van der Waals surface area contributed by atoms with Gasteiger partial charge in [-0.3, -0.25) is 4.79 Å². The van der Waals surface area contributed by atoms with Gasteiger partial charge >= 0.3 is 0 Å². The van der Waals surface area contributed by atoms with E-state index in [1.807, 2.05) is 41.4 Å². The summed E-state index contributed by atoms with van der Waals surface area (Å²) in [6.45, 7) is 3.53. The number of hydrogen-bond acceptors (Lipinski definition) is 3. The van der Waals surface area contributed by atoms with Crippen LogP contribution in [0.4, 0.5) is 0 Å². The minimum Gasteiger partial charge on any atom is -0.334 e. The molecule has 0 saturated carbocycles. The number of carbonyl (C=O) groups excluding carboxylic acids is 1. The van der Waals surface area contributed by atoms with E-state index in [0.29, 0.717) is 18.0 Å². The van der Waals surface area contributed by atoms with E-state index in [0.717, 1.165) is 25.1 Å². The van der Waals surface area contributed by atoms with Crippen LogP contribution >= 0.6 is 0 Å². The molecule has 1 saturated heterocycles. The standard InChI is InChI=1S/C17H22N4O/c1-13-6-9-20(16(10-13)12-18)17(22)14-4-2-5-15(11-14)21-8-3-7-19-21/h2-5,7-8,11,13,16H,6,9-10,12,18H2,1H3. The van der Waals surface area contributed by atoms with Crippen molar-refractivity contribution in [3.63, 3.8) is 0 Å². The number of nitrogens with two attached hydrogens (primary N) is 1. The van der Waals surface area contributed by atoms with Gasteiger partial charge in [0.2, 0.25) is 0 Å². The van der Waals surface area contributed by atoms with Crippen LogP contribution in [0.5, 0.6) is 0 Å². The van der Waals surface area contributed by atoms with Crippen molar-refractivity contribution >= 4 is 5.91 Å². The Balaban J connectivity index is 1.84. The van der Waals surface area contributed by atoms with E-state index in [4.69, 9.17) is 5.73 Å². The molecule has 2 unspecified atom stereocenters. The molecule has 22 heavy (non-hydrogen) atoms. The third-order valence-corrected chi connectivity index (χ3v) is 4.37. The van der Waals surface area contributed by atoms with E-state index in [1.165, 1.54) is 0 Å². The zero-order chi connectivity index (χ0) is 15.5. The second-order valence-electron chi connectivity index (χ2n) is 6.02. The summed E-state index contributed by atoms with van der Waals surface area (Å²) in [7, 11) is 0. The van der Waals surface area contributed by atoms with Gasteiger partial charge in [-0.2, -0.15) is 5.10 Å². The molecule has 0 spiro atoms. The summed E-state index contributed by atoms with van der Waals surface area (Å²) in [5.41, 5.74) is 7.46. The highest BCUT2D eigenvalue weighted by atomic mass is 16.2. The van der Waals surface area contributed by atoms with Crippen LogP contribution in [-0.2, 0) is 0 Å². The molecular weight excluding hydrogens is 276 g/mol. The Bertz CT molecular complexity index is 638. The minimum absolute atomic E-state index is 0.0661. The van der Waals surface area contributed by atoms with Crippen molar-refractivity contribution < 1.29 is 4.79 Å². The molecule has 3 rings (SSSR count). The summed E-state index contributed by atoms with van der Waals surface area (Å²) in [5.74, 6) is 0.698. The quantitative estimate of drug-likeness (QED) is 0.943. The van der Waals surface area contributed by atoms with Crippen LogP contribution in [-0.4, -0.2) is 39.7 Å². The average Bonchev–Trinajstić information content (AvgIpc) is 3.08. The summed E-state index contributed by atoms with van der Waals surface area (Å²) < 4.78 is 1.76.